The predicted molar refractivity (Wildman–Crippen MR) is 2.06 cm³/mol. The first kappa shape index (κ1) is 4.92. The number of hydrogen-bond donors (Lipinski definition) is 0. The van der Waals surface area contributed by atoms with E-state index in [0.29, 0.717) is 0 Å². The Morgan fingerprint density at radius 3 is 1.00 bits per heavy atom. The van der Waals surface area contributed by atoms with Crippen LogP contribution in [0.2, 0.25) is 0 Å². The number of rotatable bonds is 0. The van der Waals surface area contributed by atoms with Gasteiger partial charge in [0.2, 0.25) is 0 Å². The average molecular weight is 221 g/mol. The van der Waals surface area contributed by atoms with Crippen LogP contribution in [0.4, 0.5) is 0 Å². The molecule has 0 radical (unpaired) electrons. The number of hydrogen-bond acceptors (Lipinski definition) is 3. The molecule has 0 heterocycles. The molecule has 0 atom stereocenters. The van der Waals surface area contributed by atoms with Gasteiger partial charge in [-0.25, -0.2) is 0 Å². The summed E-state index contributed by atoms with van der Waals surface area (Å²) in [5, 5.41) is 0. The van der Waals surface area contributed by atoms with E-state index in [1.54, 1.807) is 0 Å². The molecule has 0 bridgehead atoms. The molecule has 0 spiro atoms. The normalized spacial score (nSPS) is 10.5. The molecule has 0 aliphatic heterocycles. The molecule has 4 heavy (non-hydrogen) atoms. The fourth-order valence-corrected chi connectivity index (χ4v) is 0. The van der Waals surface area contributed by atoms with Gasteiger partial charge in [-0.3, -0.25) is 0 Å². The molecular weight excluding hydrogens is 221 g/mol. The van der Waals surface area contributed by atoms with Crippen molar-refractivity contribution >= 4 is 0 Å². The first-order chi connectivity index (χ1) is 1.73. The summed E-state index contributed by atoms with van der Waals surface area (Å²) < 4.78 is 25.6. The first-order valence-corrected chi connectivity index (χ1v) is 2.43. The van der Waals surface area contributed by atoms with E-state index in [1.165, 1.54) is 0 Å². The summed E-state index contributed by atoms with van der Waals surface area (Å²) in [5.41, 5.74) is 0. The Balaban J connectivity index is 4.65. The summed E-state index contributed by atoms with van der Waals surface area (Å²) in [6.45, 7) is 0. The van der Waals surface area contributed by atoms with Crippen LogP contribution in [0.3, 0.4) is 0 Å². The molecule has 4 heteroatoms. The van der Waals surface area contributed by atoms with Crippen LogP contribution in [0.5, 0.6) is 0 Å². The van der Waals surface area contributed by atoms with Crippen LogP contribution in [-0.4, -0.2) is 0 Å². The molecule has 0 N–H and O–H groups in total. The van der Waals surface area contributed by atoms with Gasteiger partial charge in [0.15, 0.2) is 0 Å². The van der Waals surface area contributed by atoms with Crippen molar-refractivity contribution in [2.75, 3.05) is 0 Å². The van der Waals surface area contributed by atoms with Gasteiger partial charge in [0, 0.05) is 0 Å². The van der Waals surface area contributed by atoms with E-state index in [4.69, 9.17) is 0.865 Å². The van der Waals surface area contributed by atoms with E-state index in [9.17, 15) is 0 Å². The van der Waals surface area contributed by atoms with Gasteiger partial charge in [-0.05, 0) is 0 Å². The second-order valence-electron chi connectivity index (χ2n) is 0.134. The second-order valence-corrected chi connectivity index (χ2v) is 0.991. The first-order valence-electron chi connectivity index (χ1n) is 0.327. The van der Waals surface area contributed by atoms with Crippen LogP contribution in [0, 0.1) is 40.6 Å². The molecule has 0 rings (SSSR count). The summed E-state index contributed by atoms with van der Waals surface area (Å²) in [6.07, 6.45) is 0. The van der Waals surface area contributed by atoms with Gasteiger partial charge >= 0.3 is 41.4 Å². The van der Waals surface area contributed by atoms with Crippen molar-refractivity contribution in [2.24, 2.45) is 0 Å². The Morgan fingerprint density at radius 1 is 1.00 bits per heavy atom. The van der Waals surface area contributed by atoms with Crippen molar-refractivity contribution in [1.29, 1.82) is 0 Å². The summed E-state index contributed by atoms with van der Waals surface area (Å²) in [4.78, 5) is 0. The zero-order chi connectivity index (χ0) is 3.58. The van der Waals surface area contributed by atoms with E-state index in [-0.39, 0.29) is 0 Å². The van der Waals surface area contributed by atoms with Gasteiger partial charge in [-0.2, -0.15) is 0 Å². The maximum atomic E-state index is 8.54. The fraction of sp³-hybridized carbons (Fsp3) is 0. The van der Waals surface area contributed by atoms with Gasteiger partial charge in [0.05, 0.1) is 0 Å². The van der Waals surface area contributed by atoms with Gasteiger partial charge in [0.25, 0.3) is 0 Å². The van der Waals surface area contributed by atoms with Crippen LogP contribution < -0.4 is 0 Å². The third-order valence-electron chi connectivity index (χ3n) is 0. The summed E-state index contributed by atoms with van der Waals surface area (Å²) in [5.74, 6) is 0. The molecule has 0 aliphatic rings. The third-order valence-corrected chi connectivity index (χ3v) is 0. The van der Waals surface area contributed by atoms with E-state index in [1.807, 2.05) is 0 Å². The molecule has 0 fully saturated rings. The molecule has 32 valence electrons. The second kappa shape index (κ2) is 2.17. The van der Waals surface area contributed by atoms with Crippen molar-refractivity contribution < 1.29 is 41.4 Å². The SMILES string of the molecule is [O]=[Yb](=[O])=[O]. The van der Waals surface area contributed by atoms with Crippen molar-refractivity contribution in [3.63, 3.8) is 0 Å². The van der Waals surface area contributed by atoms with Crippen LogP contribution in [-0.2, 0) is 0.865 Å². The molecule has 0 saturated carbocycles. The van der Waals surface area contributed by atoms with Crippen LogP contribution in [0.1, 0.15) is 0 Å². The predicted octanol–water partition coefficient (Wildman–Crippen LogP) is -0.356. The Kier molecular flexibility index (Phi) is 2.67. The Morgan fingerprint density at radius 2 is 1.00 bits per heavy atom. The fourth-order valence-electron chi connectivity index (χ4n) is 0. The van der Waals surface area contributed by atoms with Crippen LogP contribution in [0.15, 0.2) is 0 Å². The molecule has 0 saturated heterocycles. The van der Waals surface area contributed by atoms with E-state index < -0.39 is 40.6 Å². The van der Waals surface area contributed by atoms with Gasteiger partial charge in [-0.1, -0.05) is 0 Å². The van der Waals surface area contributed by atoms with Crippen molar-refractivity contribution in [1.82, 2.24) is 0 Å². The molecule has 0 unspecified atom stereocenters. The summed E-state index contributed by atoms with van der Waals surface area (Å²) >= 11 is -3.76. The zero-order valence-corrected chi connectivity index (χ0v) is 3.21. The monoisotopic (exact) mass is 222 g/mol. The topological polar surface area (TPSA) is 51.2 Å². The minimum absolute atomic E-state index is 3.76. The molecule has 0 aromatic carbocycles. The van der Waals surface area contributed by atoms with Gasteiger partial charge < -0.3 is 0 Å². The third kappa shape index (κ3) is 12.7. The minimum atomic E-state index is -3.76. The van der Waals surface area contributed by atoms with E-state index in [0.717, 1.165) is 0 Å². The maximum absolute atomic E-state index is 8.54. The van der Waals surface area contributed by atoms with Crippen molar-refractivity contribution in [2.45, 2.75) is 0 Å². The summed E-state index contributed by atoms with van der Waals surface area (Å²) in [7, 11) is 0. The van der Waals surface area contributed by atoms with E-state index in [2.05, 4.69) is 0 Å². The van der Waals surface area contributed by atoms with Gasteiger partial charge in [-0.15, -0.1) is 0 Å². The molecule has 0 amide bonds. The molecule has 0 aliphatic carbocycles. The average Bonchev–Trinajstić information content (AvgIpc) is 0.811. The standard InChI is InChI=1S/3O.Yb. The Labute approximate surface area is 40.6 Å². The summed E-state index contributed by atoms with van der Waals surface area (Å²) in [6, 6.07) is 0. The van der Waals surface area contributed by atoms with Crippen LogP contribution in [0.25, 0.3) is 0 Å². The van der Waals surface area contributed by atoms with Crippen LogP contribution >= 0.6 is 0 Å². The van der Waals surface area contributed by atoms with Crippen molar-refractivity contribution in [3.8, 4) is 0 Å². The van der Waals surface area contributed by atoms with Gasteiger partial charge in [0.1, 0.15) is 0 Å². The molecular formula is O3Yb. The Bertz CT molecular complexity index is 72.7. The molecule has 3 nitrogen and oxygen atoms in total. The molecule has 0 aromatic rings. The Hall–Kier alpha value is 0.919. The van der Waals surface area contributed by atoms with Crippen molar-refractivity contribution in [3.05, 3.63) is 0 Å². The zero-order valence-electron chi connectivity index (χ0n) is 1.49. The van der Waals surface area contributed by atoms with E-state index >= 15 is 0 Å². The quantitative estimate of drug-likeness (QED) is 0.561. The molecule has 0 aromatic heterocycles.